The molecule has 3 nitrogen and oxygen atoms in total. The van der Waals surface area contributed by atoms with Crippen molar-refractivity contribution in [1.29, 1.82) is 0 Å². The topological polar surface area (TPSA) is 31.4 Å². The first-order chi connectivity index (χ1) is 7.26. The van der Waals surface area contributed by atoms with Crippen molar-refractivity contribution in [2.24, 2.45) is 0 Å². The molecule has 0 saturated carbocycles. The molecule has 1 heterocycles. The van der Waals surface area contributed by atoms with Crippen molar-refractivity contribution in [3.05, 3.63) is 28.9 Å². The van der Waals surface area contributed by atoms with Crippen LogP contribution in [0.5, 0.6) is 11.5 Å². The highest BCUT2D eigenvalue weighted by Gasteiger charge is 2.08. The highest BCUT2D eigenvalue weighted by molar-refractivity contribution is 9.10. The molecule has 0 radical (unpaired) electrons. The number of hydrogen-bond acceptors (Lipinski definition) is 3. The summed E-state index contributed by atoms with van der Waals surface area (Å²) in [5.74, 6) is 1.54. The van der Waals surface area contributed by atoms with Crippen LogP contribution in [-0.4, -0.2) is 19.2 Å². The van der Waals surface area contributed by atoms with Gasteiger partial charge < -0.3 is 9.47 Å². The van der Waals surface area contributed by atoms with E-state index in [1.54, 1.807) is 20.4 Å². The molecule has 78 valence electrons. The fourth-order valence-electron chi connectivity index (χ4n) is 1.49. The van der Waals surface area contributed by atoms with E-state index in [1.807, 2.05) is 18.2 Å². The van der Waals surface area contributed by atoms with Crippen molar-refractivity contribution in [2.45, 2.75) is 0 Å². The van der Waals surface area contributed by atoms with Crippen molar-refractivity contribution in [2.75, 3.05) is 14.2 Å². The number of nitrogens with zero attached hydrogens (tertiary/aromatic N) is 1. The second-order valence-electron chi connectivity index (χ2n) is 3.02. The van der Waals surface area contributed by atoms with Gasteiger partial charge in [-0.05, 0) is 34.1 Å². The van der Waals surface area contributed by atoms with E-state index in [0.717, 1.165) is 26.9 Å². The summed E-state index contributed by atoms with van der Waals surface area (Å²) in [7, 11) is 3.27. The summed E-state index contributed by atoms with van der Waals surface area (Å²) in [5, 5.41) is 0.936. The van der Waals surface area contributed by atoms with E-state index in [4.69, 9.17) is 9.47 Å². The minimum absolute atomic E-state index is 0.748. The summed E-state index contributed by atoms with van der Waals surface area (Å²) >= 11 is 3.38. The third kappa shape index (κ3) is 1.77. The Bertz CT molecular complexity index is 499. The molecule has 0 saturated heterocycles. The van der Waals surface area contributed by atoms with Crippen molar-refractivity contribution in [1.82, 2.24) is 4.98 Å². The maximum absolute atomic E-state index is 5.27. The Morgan fingerprint density at radius 1 is 1.13 bits per heavy atom. The van der Waals surface area contributed by atoms with Crippen LogP contribution < -0.4 is 9.47 Å². The maximum Gasteiger partial charge on any atom is 0.145 e. The number of halogens is 1. The number of rotatable bonds is 2. The Balaban J connectivity index is 2.80. The number of fused-ring (bicyclic) bond motifs is 1. The van der Waals surface area contributed by atoms with Gasteiger partial charge in [0.2, 0.25) is 0 Å². The molecular weight excluding hydrogens is 258 g/mol. The monoisotopic (exact) mass is 267 g/mol. The van der Waals surface area contributed by atoms with Gasteiger partial charge in [-0.15, -0.1) is 0 Å². The molecular formula is C11H10BrNO2. The molecule has 4 heteroatoms. The third-order valence-electron chi connectivity index (χ3n) is 2.18. The lowest BCUT2D eigenvalue weighted by Gasteiger charge is -2.08. The minimum atomic E-state index is 0.748. The van der Waals surface area contributed by atoms with Crippen molar-refractivity contribution >= 4 is 26.8 Å². The zero-order valence-electron chi connectivity index (χ0n) is 8.45. The van der Waals surface area contributed by atoms with E-state index in [0.29, 0.717) is 0 Å². The van der Waals surface area contributed by atoms with Crippen LogP contribution in [0.2, 0.25) is 0 Å². The molecule has 0 unspecified atom stereocenters. The SMILES string of the molecule is COc1ccc(OC)c2ncc(Br)cc12. The van der Waals surface area contributed by atoms with Crippen LogP contribution in [0, 0.1) is 0 Å². The van der Waals surface area contributed by atoms with Crippen LogP contribution in [0.15, 0.2) is 28.9 Å². The number of pyridine rings is 1. The zero-order valence-corrected chi connectivity index (χ0v) is 10.0. The van der Waals surface area contributed by atoms with Crippen LogP contribution in [0.4, 0.5) is 0 Å². The molecule has 2 rings (SSSR count). The van der Waals surface area contributed by atoms with Gasteiger partial charge in [0, 0.05) is 16.1 Å². The summed E-state index contributed by atoms with van der Waals surface area (Å²) in [5.41, 5.74) is 0.806. The summed E-state index contributed by atoms with van der Waals surface area (Å²) in [6.07, 6.45) is 1.74. The average molecular weight is 268 g/mol. The molecule has 0 aliphatic rings. The van der Waals surface area contributed by atoms with Crippen LogP contribution in [0.3, 0.4) is 0 Å². The van der Waals surface area contributed by atoms with Crippen molar-refractivity contribution in [3.8, 4) is 11.5 Å². The Kier molecular flexibility index (Phi) is 2.77. The van der Waals surface area contributed by atoms with E-state index in [2.05, 4.69) is 20.9 Å². The first-order valence-electron chi connectivity index (χ1n) is 4.42. The van der Waals surface area contributed by atoms with Crippen molar-refractivity contribution < 1.29 is 9.47 Å². The fourth-order valence-corrected chi connectivity index (χ4v) is 1.82. The smallest absolute Gasteiger partial charge is 0.145 e. The lowest BCUT2D eigenvalue weighted by atomic mass is 10.2. The van der Waals surface area contributed by atoms with E-state index < -0.39 is 0 Å². The van der Waals surface area contributed by atoms with Gasteiger partial charge in [0.1, 0.15) is 17.0 Å². The molecule has 0 amide bonds. The second-order valence-corrected chi connectivity index (χ2v) is 3.94. The molecule has 0 fully saturated rings. The lowest BCUT2D eigenvalue weighted by molar-refractivity contribution is 0.409. The van der Waals surface area contributed by atoms with Gasteiger partial charge in [0.05, 0.1) is 14.2 Å². The van der Waals surface area contributed by atoms with E-state index in [1.165, 1.54) is 0 Å². The molecule has 0 spiro atoms. The normalized spacial score (nSPS) is 10.3. The maximum atomic E-state index is 5.27. The number of aromatic nitrogens is 1. The van der Waals surface area contributed by atoms with Crippen molar-refractivity contribution in [3.63, 3.8) is 0 Å². The molecule has 1 aromatic carbocycles. The van der Waals surface area contributed by atoms with Gasteiger partial charge >= 0.3 is 0 Å². The Morgan fingerprint density at radius 2 is 1.80 bits per heavy atom. The van der Waals surface area contributed by atoms with Crippen LogP contribution in [-0.2, 0) is 0 Å². The van der Waals surface area contributed by atoms with E-state index in [-0.39, 0.29) is 0 Å². The van der Waals surface area contributed by atoms with Gasteiger partial charge in [-0.2, -0.15) is 0 Å². The molecule has 0 aliphatic heterocycles. The summed E-state index contributed by atoms with van der Waals surface area (Å²) < 4.78 is 11.4. The number of benzene rings is 1. The van der Waals surface area contributed by atoms with Gasteiger partial charge in [-0.3, -0.25) is 4.98 Å². The lowest BCUT2D eigenvalue weighted by Crippen LogP contribution is -1.91. The average Bonchev–Trinajstić information content (AvgIpc) is 2.27. The standard InChI is InChI=1S/C11H10BrNO2/c1-14-9-3-4-10(15-2)11-8(9)5-7(12)6-13-11/h3-6H,1-2H3. The summed E-state index contributed by atoms with van der Waals surface area (Å²) in [6.45, 7) is 0. The van der Waals surface area contributed by atoms with E-state index in [9.17, 15) is 0 Å². The van der Waals surface area contributed by atoms with Crippen LogP contribution in [0.1, 0.15) is 0 Å². The van der Waals surface area contributed by atoms with Gasteiger partial charge in [-0.1, -0.05) is 0 Å². The Hall–Kier alpha value is -1.29. The quantitative estimate of drug-likeness (QED) is 0.838. The van der Waals surface area contributed by atoms with Crippen LogP contribution >= 0.6 is 15.9 Å². The number of methoxy groups -OCH3 is 2. The molecule has 0 atom stereocenters. The minimum Gasteiger partial charge on any atom is -0.496 e. The largest absolute Gasteiger partial charge is 0.496 e. The predicted molar refractivity (Wildman–Crippen MR) is 62.5 cm³/mol. The molecule has 0 N–H and O–H groups in total. The summed E-state index contributed by atoms with van der Waals surface area (Å²) in [4.78, 5) is 4.31. The number of hydrogen-bond donors (Lipinski definition) is 0. The first kappa shape index (κ1) is 10.2. The molecule has 0 aliphatic carbocycles. The molecule has 15 heavy (non-hydrogen) atoms. The molecule has 1 aromatic heterocycles. The van der Waals surface area contributed by atoms with Gasteiger partial charge in [0.15, 0.2) is 0 Å². The molecule has 2 aromatic rings. The van der Waals surface area contributed by atoms with Gasteiger partial charge in [0.25, 0.3) is 0 Å². The third-order valence-corrected chi connectivity index (χ3v) is 2.61. The number of ether oxygens (including phenoxy) is 2. The predicted octanol–water partition coefficient (Wildman–Crippen LogP) is 3.01. The fraction of sp³-hybridized carbons (Fsp3) is 0.182. The second kappa shape index (κ2) is 4.06. The summed E-state index contributed by atoms with van der Waals surface area (Å²) in [6, 6.07) is 5.68. The highest BCUT2D eigenvalue weighted by Crippen LogP contribution is 2.32. The Morgan fingerprint density at radius 3 is 2.47 bits per heavy atom. The van der Waals surface area contributed by atoms with E-state index >= 15 is 0 Å². The highest BCUT2D eigenvalue weighted by atomic mass is 79.9. The van der Waals surface area contributed by atoms with Gasteiger partial charge in [-0.25, -0.2) is 0 Å². The zero-order chi connectivity index (χ0) is 10.8. The Labute approximate surface area is 96.2 Å². The van der Waals surface area contributed by atoms with Crippen LogP contribution in [0.25, 0.3) is 10.9 Å². The molecule has 0 bridgehead atoms. The first-order valence-corrected chi connectivity index (χ1v) is 5.22.